The highest BCUT2D eigenvalue weighted by Gasteiger charge is 2.23. The van der Waals surface area contributed by atoms with Crippen LogP contribution in [0.25, 0.3) is 0 Å². The highest BCUT2D eigenvalue weighted by molar-refractivity contribution is 7.80. The predicted octanol–water partition coefficient (Wildman–Crippen LogP) is 4.13. The predicted molar refractivity (Wildman–Crippen MR) is 77.3 cm³/mol. The topological polar surface area (TPSA) is 12.5 Å². The van der Waals surface area contributed by atoms with Crippen molar-refractivity contribution in [3.8, 4) is 0 Å². The van der Waals surface area contributed by atoms with Gasteiger partial charge >= 0.3 is 0 Å². The Morgan fingerprint density at radius 3 is 2.47 bits per heavy atom. The van der Waals surface area contributed by atoms with Gasteiger partial charge in [0.1, 0.15) is 0 Å². The quantitative estimate of drug-likeness (QED) is 0.664. The van der Waals surface area contributed by atoms with E-state index in [9.17, 15) is 0 Å². The molecule has 2 nitrogen and oxygen atoms in total. The molecule has 0 N–H and O–H groups in total. The summed E-state index contributed by atoms with van der Waals surface area (Å²) in [6.45, 7) is 6.19. The van der Waals surface area contributed by atoms with Gasteiger partial charge in [0.2, 0.25) is 0 Å². The molecule has 0 aromatic heterocycles. The fourth-order valence-electron chi connectivity index (χ4n) is 2.42. The maximum atomic E-state index is 5.66. The van der Waals surface area contributed by atoms with Gasteiger partial charge in [0.05, 0.1) is 6.61 Å². The molecule has 1 rings (SSSR count). The Bertz CT molecular complexity index is 214. The molecule has 0 bridgehead atoms. The van der Waals surface area contributed by atoms with Crippen LogP contribution in [0.5, 0.6) is 0 Å². The molecule has 100 valence electrons. The Morgan fingerprint density at radius 1 is 1.18 bits per heavy atom. The third kappa shape index (κ3) is 5.24. The van der Waals surface area contributed by atoms with E-state index in [0.717, 1.165) is 24.7 Å². The highest BCUT2D eigenvalue weighted by atomic mass is 32.1. The number of unbranched alkanes of at least 4 members (excludes halogenated alkanes) is 1. The third-order valence-corrected chi connectivity index (χ3v) is 3.78. The highest BCUT2D eigenvalue weighted by Crippen LogP contribution is 2.23. The first kappa shape index (κ1) is 14.7. The molecule has 0 spiro atoms. The number of hydrogen-bond acceptors (Lipinski definition) is 2. The SMILES string of the molecule is CCCCN(C(=S)OCCC)C1CCCCC1. The van der Waals surface area contributed by atoms with E-state index in [1.165, 1.54) is 44.9 Å². The summed E-state index contributed by atoms with van der Waals surface area (Å²) in [5.74, 6) is 0. The third-order valence-electron chi connectivity index (χ3n) is 3.43. The van der Waals surface area contributed by atoms with Crippen LogP contribution in [0.1, 0.15) is 65.2 Å². The number of nitrogens with zero attached hydrogens (tertiary/aromatic N) is 1. The van der Waals surface area contributed by atoms with E-state index >= 15 is 0 Å². The minimum absolute atomic E-state index is 0.639. The minimum Gasteiger partial charge on any atom is -0.471 e. The second kappa shape index (κ2) is 8.73. The molecule has 0 aliphatic heterocycles. The molecule has 1 fully saturated rings. The van der Waals surface area contributed by atoms with Crippen molar-refractivity contribution < 1.29 is 4.74 Å². The summed E-state index contributed by atoms with van der Waals surface area (Å²) in [4.78, 5) is 2.35. The molecule has 0 heterocycles. The molecule has 1 saturated carbocycles. The first-order valence-corrected chi connectivity index (χ1v) is 7.63. The van der Waals surface area contributed by atoms with Gasteiger partial charge in [-0.05, 0) is 37.9 Å². The smallest absolute Gasteiger partial charge is 0.259 e. The molecule has 1 aliphatic carbocycles. The van der Waals surface area contributed by atoms with Crippen LogP contribution < -0.4 is 0 Å². The van der Waals surface area contributed by atoms with Crippen molar-refractivity contribution in [2.75, 3.05) is 13.2 Å². The molecule has 0 amide bonds. The van der Waals surface area contributed by atoms with Gasteiger partial charge in [-0.2, -0.15) is 0 Å². The van der Waals surface area contributed by atoms with Crippen LogP contribution in [0.2, 0.25) is 0 Å². The lowest BCUT2D eigenvalue weighted by Gasteiger charge is -2.35. The van der Waals surface area contributed by atoms with E-state index in [-0.39, 0.29) is 0 Å². The molecule has 0 radical (unpaired) electrons. The summed E-state index contributed by atoms with van der Waals surface area (Å²) < 4.78 is 5.66. The molecule has 17 heavy (non-hydrogen) atoms. The monoisotopic (exact) mass is 257 g/mol. The van der Waals surface area contributed by atoms with E-state index in [2.05, 4.69) is 18.7 Å². The molecular formula is C14H27NOS. The first-order chi connectivity index (χ1) is 8.29. The Kier molecular flexibility index (Phi) is 7.58. The number of thiocarbonyl (C=S) groups is 1. The summed E-state index contributed by atoms with van der Waals surface area (Å²) in [5, 5.41) is 0.743. The van der Waals surface area contributed by atoms with Gasteiger partial charge in [-0.1, -0.05) is 39.5 Å². The van der Waals surface area contributed by atoms with Crippen LogP contribution in [0.3, 0.4) is 0 Å². The van der Waals surface area contributed by atoms with Gasteiger partial charge in [-0.15, -0.1) is 0 Å². The van der Waals surface area contributed by atoms with Crippen molar-refractivity contribution in [2.24, 2.45) is 0 Å². The lowest BCUT2D eigenvalue weighted by molar-refractivity contribution is 0.178. The van der Waals surface area contributed by atoms with Crippen molar-refractivity contribution >= 4 is 17.4 Å². The van der Waals surface area contributed by atoms with E-state index in [0.29, 0.717) is 6.04 Å². The minimum atomic E-state index is 0.639. The Hall–Kier alpha value is -0.310. The van der Waals surface area contributed by atoms with Crippen LogP contribution in [0.4, 0.5) is 0 Å². The molecule has 0 aromatic carbocycles. The van der Waals surface area contributed by atoms with Crippen LogP contribution >= 0.6 is 12.2 Å². The van der Waals surface area contributed by atoms with Crippen molar-refractivity contribution in [1.29, 1.82) is 0 Å². The molecule has 0 atom stereocenters. The summed E-state index contributed by atoms with van der Waals surface area (Å²) in [5.41, 5.74) is 0. The lowest BCUT2D eigenvalue weighted by atomic mass is 9.94. The van der Waals surface area contributed by atoms with Gasteiger partial charge in [0.25, 0.3) is 5.17 Å². The summed E-state index contributed by atoms with van der Waals surface area (Å²) in [6.07, 6.45) is 10.1. The summed E-state index contributed by atoms with van der Waals surface area (Å²) in [7, 11) is 0. The fourth-order valence-corrected chi connectivity index (χ4v) is 2.74. The zero-order valence-corrected chi connectivity index (χ0v) is 12.2. The van der Waals surface area contributed by atoms with E-state index < -0.39 is 0 Å². The van der Waals surface area contributed by atoms with Crippen molar-refractivity contribution in [3.63, 3.8) is 0 Å². The number of ether oxygens (including phenoxy) is 1. The van der Waals surface area contributed by atoms with Crippen LogP contribution in [0.15, 0.2) is 0 Å². The van der Waals surface area contributed by atoms with Gasteiger partial charge in [0.15, 0.2) is 0 Å². The van der Waals surface area contributed by atoms with Crippen LogP contribution in [0, 0.1) is 0 Å². The average Bonchev–Trinajstić information content (AvgIpc) is 2.38. The van der Waals surface area contributed by atoms with Gasteiger partial charge in [0, 0.05) is 12.6 Å². The molecule has 3 heteroatoms. The van der Waals surface area contributed by atoms with E-state index in [1.54, 1.807) is 0 Å². The van der Waals surface area contributed by atoms with Gasteiger partial charge in [-0.25, -0.2) is 0 Å². The molecular weight excluding hydrogens is 230 g/mol. The summed E-state index contributed by atoms with van der Waals surface area (Å²) >= 11 is 5.44. The number of rotatable bonds is 6. The molecule has 0 saturated heterocycles. The zero-order chi connectivity index (χ0) is 12.5. The van der Waals surface area contributed by atoms with Gasteiger partial charge < -0.3 is 9.64 Å². The second-order valence-electron chi connectivity index (χ2n) is 4.95. The molecule has 1 aliphatic rings. The molecule has 0 aromatic rings. The number of hydrogen-bond donors (Lipinski definition) is 0. The van der Waals surface area contributed by atoms with Crippen LogP contribution in [-0.2, 0) is 4.74 Å². The van der Waals surface area contributed by atoms with Gasteiger partial charge in [-0.3, -0.25) is 0 Å². The van der Waals surface area contributed by atoms with E-state index in [4.69, 9.17) is 17.0 Å². The van der Waals surface area contributed by atoms with Crippen molar-refractivity contribution in [2.45, 2.75) is 71.3 Å². The normalized spacial score (nSPS) is 16.8. The summed E-state index contributed by atoms with van der Waals surface area (Å²) in [6, 6.07) is 0.639. The van der Waals surface area contributed by atoms with E-state index in [1.807, 2.05) is 0 Å². The Morgan fingerprint density at radius 2 is 1.88 bits per heavy atom. The average molecular weight is 257 g/mol. The first-order valence-electron chi connectivity index (χ1n) is 7.23. The zero-order valence-electron chi connectivity index (χ0n) is 11.4. The molecule has 0 unspecified atom stereocenters. The van der Waals surface area contributed by atoms with Crippen molar-refractivity contribution in [3.05, 3.63) is 0 Å². The Labute approximate surface area is 112 Å². The lowest BCUT2D eigenvalue weighted by Crippen LogP contribution is -2.42. The maximum absolute atomic E-state index is 5.66. The Balaban J connectivity index is 2.48. The standard InChI is InChI=1S/C14H27NOS/c1-3-5-11-15(14(17)16-12-4-2)13-9-7-6-8-10-13/h13H,3-12H2,1-2H3. The second-order valence-corrected chi connectivity index (χ2v) is 5.30. The van der Waals surface area contributed by atoms with Crippen LogP contribution in [-0.4, -0.2) is 29.3 Å². The van der Waals surface area contributed by atoms with Crippen molar-refractivity contribution in [1.82, 2.24) is 4.90 Å². The largest absolute Gasteiger partial charge is 0.471 e. The maximum Gasteiger partial charge on any atom is 0.259 e. The fraction of sp³-hybridized carbons (Fsp3) is 0.929.